The molecule has 0 aliphatic rings. The Bertz CT molecular complexity index is 594. The van der Waals surface area contributed by atoms with Gasteiger partial charge in [-0.25, -0.2) is 9.07 Å². The van der Waals surface area contributed by atoms with Crippen molar-refractivity contribution < 1.29 is 9.18 Å². The molecule has 0 aliphatic carbocycles. The van der Waals surface area contributed by atoms with Gasteiger partial charge in [-0.05, 0) is 30.5 Å². The quantitative estimate of drug-likeness (QED) is 0.910. The molecular weight excluding hydrogens is 259 g/mol. The first-order chi connectivity index (χ1) is 9.56. The third-order valence-corrected chi connectivity index (χ3v) is 2.81. The summed E-state index contributed by atoms with van der Waals surface area (Å²) in [4.78, 5) is 11.8. The molecule has 1 amide bonds. The van der Waals surface area contributed by atoms with Gasteiger partial charge in [0.25, 0.3) is 5.91 Å². The highest BCUT2D eigenvalue weighted by Crippen LogP contribution is 2.08. The van der Waals surface area contributed by atoms with Gasteiger partial charge in [0.2, 0.25) is 0 Å². The van der Waals surface area contributed by atoms with Gasteiger partial charge in [0.1, 0.15) is 5.82 Å². The lowest BCUT2D eigenvalue weighted by molar-refractivity contribution is 0.0947. The van der Waals surface area contributed by atoms with E-state index in [2.05, 4.69) is 29.5 Å². The molecule has 0 fully saturated rings. The average molecular weight is 276 g/mol. The van der Waals surface area contributed by atoms with E-state index in [4.69, 9.17) is 0 Å². The summed E-state index contributed by atoms with van der Waals surface area (Å²) in [5.74, 6) is -0.104. The first kappa shape index (κ1) is 14.2. The second-order valence-corrected chi connectivity index (χ2v) is 4.97. The number of rotatable bonds is 5. The lowest BCUT2D eigenvalue weighted by atomic mass is 10.1. The Morgan fingerprint density at radius 2 is 2.25 bits per heavy atom. The third-order valence-electron chi connectivity index (χ3n) is 2.81. The molecule has 2 aromatic rings. The molecule has 0 saturated carbocycles. The van der Waals surface area contributed by atoms with Crippen LogP contribution in [0.2, 0.25) is 0 Å². The number of amides is 1. The van der Waals surface area contributed by atoms with Crippen LogP contribution in [0.5, 0.6) is 0 Å². The van der Waals surface area contributed by atoms with E-state index >= 15 is 0 Å². The minimum absolute atomic E-state index is 0.220. The molecule has 1 N–H and O–H groups in total. The maximum absolute atomic E-state index is 13.1. The van der Waals surface area contributed by atoms with Crippen LogP contribution >= 0.6 is 0 Å². The fourth-order valence-corrected chi connectivity index (χ4v) is 1.68. The summed E-state index contributed by atoms with van der Waals surface area (Å²) in [5, 5.41) is 10.4. The van der Waals surface area contributed by atoms with Crippen molar-refractivity contribution in [2.45, 2.75) is 20.3 Å². The van der Waals surface area contributed by atoms with Gasteiger partial charge < -0.3 is 5.32 Å². The standard InChI is InChI=1S/C14H17FN4O/c1-10(2)6-7-16-14(20)13-9-19(18-17-13)12-5-3-4-11(15)8-12/h3-5,8-10H,6-7H2,1-2H3,(H,16,20). The molecule has 20 heavy (non-hydrogen) atoms. The van der Waals surface area contributed by atoms with Gasteiger partial charge >= 0.3 is 0 Å². The monoisotopic (exact) mass is 276 g/mol. The SMILES string of the molecule is CC(C)CCNC(=O)c1cn(-c2cccc(F)c2)nn1. The molecule has 0 radical (unpaired) electrons. The van der Waals surface area contributed by atoms with Crippen LogP contribution in [0, 0.1) is 11.7 Å². The fourth-order valence-electron chi connectivity index (χ4n) is 1.68. The number of carbonyl (C=O) groups excluding carboxylic acids is 1. The number of nitrogens with one attached hydrogen (secondary N) is 1. The fraction of sp³-hybridized carbons (Fsp3) is 0.357. The Morgan fingerprint density at radius 1 is 1.45 bits per heavy atom. The minimum atomic E-state index is -0.360. The van der Waals surface area contributed by atoms with E-state index < -0.39 is 0 Å². The van der Waals surface area contributed by atoms with Gasteiger partial charge in [0, 0.05) is 6.54 Å². The van der Waals surface area contributed by atoms with E-state index in [-0.39, 0.29) is 17.4 Å². The van der Waals surface area contributed by atoms with Crippen molar-refractivity contribution in [1.29, 1.82) is 0 Å². The summed E-state index contributed by atoms with van der Waals surface area (Å²) in [7, 11) is 0. The number of halogens is 1. The van der Waals surface area contributed by atoms with Crippen LogP contribution in [0.3, 0.4) is 0 Å². The lowest BCUT2D eigenvalue weighted by Gasteiger charge is -2.04. The first-order valence-electron chi connectivity index (χ1n) is 6.53. The highest BCUT2D eigenvalue weighted by atomic mass is 19.1. The van der Waals surface area contributed by atoms with Crippen molar-refractivity contribution in [3.63, 3.8) is 0 Å². The maximum Gasteiger partial charge on any atom is 0.273 e. The van der Waals surface area contributed by atoms with E-state index in [9.17, 15) is 9.18 Å². The summed E-state index contributed by atoms with van der Waals surface area (Å²) in [6, 6.07) is 5.95. The summed E-state index contributed by atoms with van der Waals surface area (Å²) in [6.07, 6.45) is 2.39. The zero-order valence-electron chi connectivity index (χ0n) is 11.5. The molecule has 1 aromatic carbocycles. The van der Waals surface area contributed by atoms with Crippen molar-refractivity contribution >= 4 is 5.91 Å². The molecule has 106 valence electrons. The van der Waals surface area contributed by atoms with E-state index in [0.717, 1.165) is 6.42 Å². The van der Waals surface area contributed by atoms with Crippen LogP contribution in [0.1, 0.15) is 30.8 Å². The van der Waals surface area contributed by atoms with Crippen LogP contribution in [-0.2, 0) is 0 Å². The first-order valence-corrected chi connectivity index (χ1v) is 6.53. The van der Waals surface area contributed by atoms with Gasteiger partial charge in [0.15, 0.2) is 5.69 Å². The Morgan fingerprint density at radius 3 is 2.95 bits per heavy atom. The van der Waals surface area contributed by atoms with Gasteiger partial charge in [0.05, 0.1) is 11.9 Å². The van der Waals surface area contributed by atoms with E-state index in [1.807, 2.05) is 0 Å². The molecule has 0 aliphatic heterocycles. The normalized spacial score (nSPS) is 10.8. The number of nitrogens with zero attached hydrogens (tertiary/aromatic N) is 3. The molecule has 0 spiro atoms. The summed E-state index contributed by atoms with van der Waals surface area (Å²) in [6.45, 7) is 4.78. The molecule has 6 heteroatoms. The largest absolute Gasteiger partial charge is 0.351 e. The topological polar surface area (TPSA) is 59.8 Å². The minimum Gasteiger partial charge on any atom is -0.351 e. The van der Waals surface area contributed by atoms with Crippen molar-refractivity contribution in [3.05, 3.63) is 42.0 Å². The van der Waals surface area contributed by atoms with Crippen molar-refractivity contribution in [2.24, 2.45) is 5.92 Å². The molecule has 0 bridgehead atoms. The van der Waals surface area contributed by atoms with Crippen molar-refractivity contribution in [1.82, 2.24) is 20.3 Å². The second kappa shape index (κ2) is 6.27. The Labute approximate surface area is 116 Å². The number of hydrogen-bond donors (Lipinski definition) is 1. The summed E-state index contributed by atoms with van der Waals surface area (Å²) < 4.78 is 14.5. The van der Waals surface area contributed by atoms with Crippen molar-refractivity contribution in [2.75, 3.05) is 6.54 Å². The molecule has 0 saturated heterocycles. The van der Waals surface area contributed by atoms with E-state index in [0.29, 0.717) is 18.2 Å². The van der Waals surface area contributed by atoms with Gasteiger partial charge in [-0.2, -0.15) is 0 Å². The highest BCUT2D eigenvalue weighted by molar-refractivity contribution is 5.91. The van der Waals surface area contributed by atoms with Crippen LogP contribution in [0.25, 0.3) is 5.69 Å². The molecule has 1 aromatic heterocycles. The zero-order valence-corrected chi connectivity index (χ0v) is 11.5. The molecular formula is C14H17FN4O. The maximum atomic E-state index is 13.1. The van der Waals surface area contributed by atoms with E-state index in [1.54, 1.807) is 12.1 Å². The molecule has 0 unspecified atom stereocenters. The number of aromatic nitrogens is 3. The predicted molar refractivity (Wildman–Crippen MR) is 73.1 cm³/mol. The molecule has 0 atom stereocenters. The number of hydrogen-bond acceptors (Lipinski definition) is 3. The van der Waals surface area contributed by atoms with Crippen LogP contribution in [0.15, 0.2) is 30.5 Å². The number of carbonyl (C=O) groups is 1. The molecule has 1 heterocycles. The predicted octanol–water partition coefficient (Wildman–Crippen LogP) is 2.18. The van der Waals surface area contributed by atoms with Crippen LogP contribution < -0.4 is 5.32 Å². The Balaban J connectivity index is 2.03. The van der Waals surface area contributed by atoms with E-state index in [1.165, 1.54) is 23.0 Å². The molecule has 5 nitrogen and oxygen atoms in total. The summed E-state index contributed by atoms with van der Waals surface area (Å²) >= 11 is 0. The average Bonchev–Trinajstić information content (AvgIpc) is 2.87. The van der Waals surface area contributed by atoms with Crippen molar-refractivity contribution in [3.8, 4) is 5.69 Å². The van der Waals surface area contributed by atoms with Gasteiger partial charge in [-0.3, -0.25) is 4.79 Å². The smallest absolute Gasteiger partial charge is 0.273 e. The van der Waals surface area contributed by atoms with Gasteiger partial charge in [-0.15, -0.1) is 5.10 Å². The van der Waals surface area contributed by atoms with Gasteiger partial charge in [-0.1, -0.05) is 25.1 Å². The summed E-state index contributed by atoms with van der Waals surface area (Å²) in [5.41, 5.74) is 0.747. The number of benzene rings is 1. The zero-order chi connectivity index (χ0) is 14.5. The van der Waals surface area contributed by atoms with Crippen LogP contribution in [-0.4, -0.2) is 27.4 Å². The highest BCUT2D eigenvalue weighted by Gasteiger charge is 2.11. The lowest BCUT2D eigenvalue weighted by Crippen LogP contribution is -2.25. The Hall–Kier alpha value is -2.24. The second-order valence-electron chi connectivity index (χ2n) is 4.97. The van der Waals surface area contributed by atoms with Crippen LogP contribution in [0.4, 0.5) is 4.39 Å². The molecule has 2 rings (SSSR count). The third kappa shape index (κ3) is 3.63. The Kier molecular flexibility index (Phi) is 4.45.